The summed E-state index contributed by atoms with van der Waals surface area (Å²) in [4.78, 5) is 23.5. The number of anilines is 1. The number of hydrogen-bond acceptors (Lipinski definition) is 3. The molecule has 1 aromatic heterocycles. The van der Waals surface area contributed by atoms with Crippen molar-refractivity contribution in [2.45, 2.75) is 32.7 Å². The average Bonchev–Trinajstić information content (AvgIpc) is 3.40. The molecule has 142 valence electrons. The van der Waals surface area contributed by atoms with Gasteiger partial charge in [0, 0.05) is 29.6 Å². The lowest BCUT2D eigenvalue weighted by atomic mass is 10.2. The van der Waals surface area contributed by atoms with Crippen LogP contribution in [0.1, 0.15) is 35.8 Å². The number of aryl methyl sites for hydroxylation is 1. The SMILES string of the molecule is Cc1cc(/C=C/C(=O)OCC(=O)Nc2cc(F)ccc2F)c(C)n1C1CC1. The smallest absolute Gasteiger partial charge is 0.331 e. The first-order valence-corrected chi connectivity index (χ1v) is 8.63. The molecule has 0 spiro atoms. The van der Waals surface area contributed by atoms with E-state index >= 15 is 0 Å². The third-order valence-electron chi connectivity index (χ3n) is 4.38. The zero-order valence-electron chi connectivity index (χ0n) is 15.1. The molecule has 1 aliphatic rings. The number of hydrogen-bond donors (Lipinski definition) is 1. The van der Waals surface area contributed by atoms with Gasteiger partial charge in [-0.05, 0) is 56.5 Å². The van der Waals surface area contributed by atoms with Crippen molar-refractivity contribution < 1.29 is 23.1 Å². The van der Waals surface area contributed by atoms with E-state index in [9.17, 15) is 18.4 Å². The fourth-order valence-electron chi connectivity index (χ4n) is 2.99. The maximum atomic E-state index is 13.5. The van der Waals surface area contributed by atoms with E-state index in [4.69, 9.17) is 4.74 Å². The molecule has 1 aliphatic carbocycles. The standard InChI is InChI=1S/C20H20F2N2O3/c1-12-9-14(13(2)24(12)16-5-6-16)3-8-20(26)27-11-19(25)23-18-10-15(21)4-7-17(18)22/h3-4,7-10,16H,5-6,11H2,1-2H3,(H,23,25)/b8-3+. The Morgan fingerprint density at radius 3 is 2.70 bits per heavy atom. The molecule has 3 rings (SSSR count). The molecular formula is C20H20F2N2O3. The predicted molar refractivity (Wildman–Crippen MR) is 97.2 cm³/mol. The molecule has 0 atom stereocenters. The quantitative estimate of drug-likeness (QED) is 0.616. The van der Waals surface area contributed by atoms with Crippen LogP contribution >= 0.6 is 0 Å². The molecule has 1 N–H and O–H groups in total. The van der Waals surface area contributed by atoms with Gasteiger partial charge < -0.3 is 14.6 Å². The number of carbonyl (C=O) groups excluding carboxylic acids is 2. The van der Waals surface area contributed by atoms with Crippen molar-refractivity contribution in [3.8, 4) is 0 Å². The van der Waals surface area contributed by atoms with Crippen LogP contribution in [0.4, 0.5) is 14.5 Å². The first kappa shape index (κ1) is 18.8. The number of nitrogens with one attached hydrogen (secondary N) is 1. The normalized spacial score (nSPS) is 13.8. The van der Waals surface area contributed by atoms with Crippen LogP contribution in [0.25, 0.3) is 6.08 Å². The second-order valence-electron chi connectivity index (χ2n) is 6.54. The molecule has 0 bridgehead atoms. The van der Waals surface area contributed by atoms with Crippen LogP contribution in [0.2, 0.25) is 0 Å². The molecule has 2 aromatic rings. The zero-order valence-corrected chi connectivity index (χ0v) is 15.1. The number of ether oxygens (including phenoxy) is 1. The molecule has 0 saturated heterocycles. The number of halogens is 2. The maximum absolute atomic E-state index is 13.5. The second-order valence-corrected chi connectivity index (χ2v) is 6.54. The van der Waals surface area contributed by atoms with Crippen LogP contribution in [-0.2, 0) is 14.3 Å². The van der Waals surface area contributed by atoms with Gasteiger partial charge in [0.25, 0.3) is 5.91 Å². The molecule has 1 heterocycles. The van der Waals surface area contributed by atoms with Crippen molar-refractivity contribution in [2.75, 3.05) is 11.9 Å². The number of nitrogens with zero attached hydrogens (tertiary/aromatic N) is 1. The highest BCUT2D eigenvalue weighted by atomic mass is 19.1. The molecular weight excluding hydrogens is 354 g/mol. The Morgan fingerprint density at radius 1 is 1.26 bits per heavy atom. The van der Waals surface area contributed by atoms with Gasteiger partial charge in [0.2, 0.25) is 0 Å². The fraction of sp³-hybridized carbons (Fsp3) is 0.300. The number of aromatic nitrogens is 1. The summed E-state index contributed by atoms with van der Waals surface area (Å²) in [6, 6.07) is 5.24. The van der Waals surface area contributed by atoms with E-state index in [1.807, 2.05) is 19.9 Å². The zero-order chi connectivity index (χ0) is 19.6. The summed E-state index contributed by atoms with van der Waals surface area (Å²) in [6.07, 6.45) is 5.23. The lowest BCUT2D eigenvalue weighted by molar-refractivity contribution is -0.142. The third kappa shape index (κ3) is 4.61. The number of benzene rings is 1. The Labute approximate surface area is 155 Å². The van der Waals surface area contributed by atoms with Crippen LogP contribution in [0.15, 0.2) is 30.3 Å². The molecule has 0 aliphatic heterocycles. The van der Waals surface area contributed by atoms with Crippen molar-refractivity contribution in [1.82, 2.24) is 4.57 Å². The van der Waals surface area contributed by atoms with Gasteiger partial charge in [-0.3, -0.25) is 4.79 Å². The minimum atomic E-state index is -0.776. The molecule has 1 aromatic carbocycles. The van der Waals surface area contributed by atoms with Gasteiger partial charge in [-0.15, -0.1) is 0 Å². The summed E-state index contributed by atoms with van der Waals surface area (Å²) < 4.78 is 33.6. The Morgan fingerprint density at radius 2 is 2.00 bits per heavy atom. The topological polar surface area (TPSA) is 60.3 Å². The third-order valence-corrected chi connectivity index (χ3v) is 4.38. The van der Waals surface area contributed by atoms with Crippen molar-refractivity contribution in [2.24, 2.45) is 0 Å². The Hall–Kier alpha value is -2.96. The highest BCUT2D eigenvalue weighted by Gasteiger charge is 2.26. The van der Waals surface area contributed by atoms with Gasteiger partial charge >= 0.3 is 5.97 Å². The average molecular weight is 374 g/mol. The first-order chi connectivity index (χ1) is 12.8. The molecule has 1 saturated carbocycles. The van der Waals surface area contributed by atoms with Crippen LogP contribution in [0, 0.1) is 25.5 Å². The minimum absolute atomic E-state index is 0.306. The Bertz CT molecular complexity index is 914. The summed E-state index contributed by atoms with van der Waals surface area (Å²) in [5.74, 6) is -2.91. The number of esters is 1. The van der Waals surface area contributed by atoms with Crippen LogP contribution in [0.5, 0.6) is 0 Å². The molecule has 7 heteroatoms. The van der Waals surface area contributed by atoms with E-state index in [1.165, 1.54) is 18.9 Å². The van der Waals surface area contributed by atoms with Crippen molar-refractivity contribution in [3.05, 3.63) is 58.9 Å². The highest BCUT2D eigenvalue weighted by Crippen LogP contribution is 2.38. The highest BCUT2D eigenvalue weighted by molar-refractivity contribution is 5.94. The van der Waals surface area contributed by atoms with Crippen LogP contribution < -0.4 is 5.32 Å². The van der Waals surface area contributed by atoms with Crippen LogP contribution in [-0.4, -0.2) is 23.1 Å². The minimum Gasteiger partial charge on any atom is -0.452 e. The molecule has 1 fully saturated rings. The molecule has 5 nitrogen and oxygen atoms in total. The maximum Gasteiger partial charge on any atom is 0.331 e. The van der Waals surface area contributed by atoms with E-state index < -0.39 is 30.1 Å². The molecule has 27 heavy (non-hydrogen) atoms. The summed E-state index contributed by atoms with van der Waals surface area (Å²) in [5.41, 5.74) is 2.83. The monoisotopic (exact) mass is 374 g/mol. The van der Waals surface area contributed by atoms with E-state index in [2.05, 4.69) is 9.88 Å². The van der Waals surface area contributed by atoms with Gasteiger partial charge in [0.05, 0.1) is 5.69 Å². The van der Waals surface area contributed by atoms with Gasteiger partial charge in [0.15, 0.2) is 6.61 Å². The van der Waals surface area contributed by atoms with Crippen molar-refractivity contribution in [1.29, 1.82) is 0 Å². The summed E-state index contributed by atoms with van der Waals surface area (Å²) in [7, 11) is 0. The summed E-state index contributed by atoms with van der Waals surface area (Å²) >= 11 is 0. The van der Waals surface area contributed by atoms with Crippen molar-refractivity contribution in [3.63, 3.8) is 0 Å². The summed E-state index contributed by atoms with van der Waals surface area (Å²) in [5, 5.41) is 2.16. The van der Waals surface area contributed by atoms with Crippen molar-refractivity contribution >= 4 is 23.6 Å². The summed E-state index contributed by atoms with van der Waals surface area (Å²) in [6.45, 7) is 3.42. The molecule has 1 amide bonds. The Balaban J connectivity index is 1.53. The molecule has 0 radical (unpaired) electrons. The van der Waals surface area contributed by atoms with Gasteiger partial charge in [-0.2, -0.15) is 0 Å². The van der Waals surface area contributed by atoms with E-state index in [0.29, 0.717) is 6.04 Å². The van der Waals surface area contributed by atoms with E-state index in [0.717, 1.165) is 35.2 Å². The predicted octanol–water partition coefficient (Wildman–Crippen LogP) is 3.91. The first-order valence-electron chi connectivity index (χ1n) is 8.63. The lowest BCUT2D eigenvalue weighted by Crippen LogP contribution is -2.20. The second kappa shape index (κ2) is 7.73. The Kier molecular flexibility index (Phi) is 5.39. The van der Waals surface area contributed by atoms with Gasteiger partial charge in [-0.25, -0.2) is 13.6 Å². The lowest BCUT2D eigenvalue weighted by Gasteiger charge is -2.07. The van der Waals surface area contributed by atoms with E-state index in [-0.39, 0.29) is 5.69 Å². The van der Waals surface area contributed by atoms with Gasteiger partial charge in [-0.1, -0.05) is 0 Å². The fourth-order valence-corrected chi connectivity index (χ4v) is 2.99. The number of amides is 1. The number of carbonyl (C=O) groups is 2. The largest absolute Gasteiger partial charge is 0.452 e. The van der Waals surface area contributed by atoms with Crippen LogP contribution in [0.3, 0.4) is 0 Å². The van der Waals surface area contributed by atoms with E-state index in [1.54, 1.807) is 6.08 Å². The molecule has 0 unspecified atom stereocenters. The van der Waals surface area contributed by atoms with Gasteiger partial charge in [0.1, 0.15) is 11.6 Å². The number of rotatable bonds is 6.